The molecule has 0 heterocycles. The van der Waals surface area contributed by atoms with Crippen LogP contribution in [-0.2, 0) is 19.2 Å². The fourth-order valence-electron chi connectivity index (χ4n) is 2.15. The number of carbonyl (C=O) groups is 3. The van der Waals surface area contributed by atoms with Crippen LogP contribution in [0.25, 0.3) is 0 Å². The Labute approximate surface area is 133 Å². The van der Waals surface area contributed by atoms with Crippen LogP contribution in [0.5, 0.6) is 0 Å². The molecule has 0 aromatic heterocycles. The fraction of sp³-hybridized carbons (Fsp3) is 0.333. The molecule has 8 heteroatoms. The van der Waals surface area contributed by atoms with Crippen LogP contribution in [0, 0.1) is 5.41 Å². The summed E-state index contributed by atoms with van der Waals surface area (Å²) in [5.41, 5.74) is 11.6. The number of hydrogen-bond acceptors (Lipinski definition) is 6. The van der Waals surface area contributed by atoms with Gasteiger partial charge in [-0.15, -0.1) is 0 Å². The van der Waals surface area contributed by atoms with Gasteiger partial charge < -0.3 is 16.3 Å². The molecule has 1 aromatic carbocycles. The third-order valence-corrected chi connectivity index (χ3v) is 3.40. The Morgan fingerprint density at radius 3 is 2.13 bits per heavy atom. The van der Waals surface area contributed by atoms with E-state index in [1.807, 2.05) is 0 Å². The fourth-order valence-corrected chi connectivity index (χ4v) is 2.15. The molecule has 0 fully saturated rings. The van der Waals surface area contributed by atoms with Crippen LogP contribution < -0.4 is 17.4 Å². The number of nitrogen functional groups attached to an aromatic ring is 1. The molecule has 1 unspecified atom stereocenters. The van der Waals surface area contributed by atoms with E-state index in [1.165, 1.54) is 0 Å². The Kier molecular flexibility index (Phi) is 6.88. The van der Waals surface area contributed by atoms with Gasteiger partial charge in [0.25, 0.3) is 0 Å². The Morgan fingerprint density at radius 1 is 1.04 bits per heavy atom. The first kappa shape index (κ1) is 18.3. The molecule has 0 aliphatic rings. The van der Waals surface area contributed by atoms with E-state index in [-0.39, 0.29) is 37.3 Å². The predicted octanol–water partition coefficient (Wildman–Crippen LogP) is 0.0860. The highest BCUT2D eigenvalue weighted by Gasteiger charge is 2.22. The summed E-state index contributed by atoms with van der Waals surface area (Å²) >= 11 is 0. The minimum Gasteiger partial charge on any atom is -0.384 e. The quantitative estimate of drug-likeness (QED) is 0.286. The van der Waals surface area contributed by atoms with Gasteiger partial charge in [0.1, 0.15) is 11.6 Å². The van der Waals surface area contributed by atoms with E-state index < -0.39 is 17.8 Å². The van der Waals surface area contributed by atoms with Crippen LogP contribution >= 0.6 is 0 Å². The van der Waals surface area contributed by atoms with Crippen LogP contribution in [0.1, 0.15) is 42.7 Å². The molecular weight excluding hydrogens is 300 g/mol. The molecule has 7 N–H and O–H groups in total. The van der Waals surface area contributed by atoms with Crippen LogP contribution in [-0.4, -0.2) is 23.5 Å². The molecule has 8 nitrogen and oxygen atoms in total. The highest BCUT2D eigenvalue weighted by atomic mass is 16.7. The van der Waals surface area contributed by atoms with Crippen molar-refractivity contribution in [3.63, 3.8) is 0 Å². The number of hydrogen-bond donors (Lipinski definition) is 4. The Bertz CT molecular complexity index is 598. The standard InChI is InChI=1S/C15H20N4O4/c16-13(21)7-6-12(20)11(5-8-14(22)23-19)9-1-3-10(4-2-9)15(17)18/h1-4,11H,5-8,19H2,(H2,16,21)(H3,17,18). The number of benzene rings is 1. The second kappa shape index (κ2) is 8.64. The van der Waals surface area contributed by atoms with E-state index in [4.69, 9.17) is 22.8 Å². The Balaban J connectivity index is 2.92. The zero-order chi connectivity index (χ0) is 17.4. The first-order valence-electron chi connectivity index (χ1n) is 7.00. The van der Waals surface area contributed by atoms with Crippen LogP contribution in [0.4, 0.5) is 0 Å². The van der Waals surface area contributed by atoms with Crippen molar-refractivity contribution in [3.05, 3.63) is 35.4 Å². The van der Waals surface area contributed by atoms with Gasteiger partial charge in [0.15, 0.2) is 0 Å². The second-order valence-corrected chi connectivity index (χ2v) is 5.05. The zero-order valence-corrected chi connectivity index (χ0v) is 12.6. The molecule has 0 radical (unpaired) electrons. The molecule has 1 rings (SSSR count). The summed E-state index contributed by atoms with van der Waals surface area (Å²) in [6.07, 6.45) is 0.110. The Morgan fingerprint density at radius 2 is 1.65 bits per heavy atom. The van der Waals surface area contributed by atoms with E-state index in [2.05, 4.69) is 4.84 Å². The van der Waals surface area contributed by atoms with Crippen LogP contribution in [0.2, 0.25) is 0 Å². The lowest BCUT2D eigenvalue weighted by Gasteiger charge is -2.16. The topological polar surface area (TPSA) is 162 Å². The van der Waals surface area contributed by atoms with Crippen molar-refractivity contribution < 1.29 is 19.2 Å². The van der Waals surface area contributed by atoms with Gasteiger partial charge in [0.2, 0.25) is 5.91 Å². The van der Waals surface area contributed by atoms with Crippen LogP contribution in [0.3, 0.4) is 0 Å². The summed E-state index contributed by atoms with van der Waals surface area (Å²) in [5, 5.41) is 7.36. The summed E-state index contributed by atoms with van der Waals surface area (Å²) in [7, 11) is 0. The molecule has 0 spiro atoms. The van der Waals surface area contributed by atoms with Crippen LogP contribution in [0.15, 0.2) is 24.3 Å². The Hall–Kier alpha value is -2.74. The average molecular weight is 320 g/mol. The maximum absolute atomic E-state index is 12.3. The van der Waals surface area contributed by atoms with Gasteiger partial charge in [-0.25, -0.2) is 0 Å². The number of carbonyl (C=O) groups excluding carboxylic acids is 3. The summed E-state index contributed by atoms with van der Waals surface area (Å²) < 4.78 is 0. The van der Waals surface area contributed by atoms with Gasteiger partial charge in [-0.2, -0.15) is 5.90 Å². The van der Waals surface area contributed by atoms with E-state index in [0.717, 1.165) is 0 Å². The van der Waals surface area contributed by atoms with E-state index in [1.54, 1.807) is 24.3 Å². The van der Waals surface area contributed by atoms with Crippen molar-refractivity contribution in [2.45, 2.75) is 31.6 Å². The minimum absolute atomic E-state index is 0.00781. The number of nitrogens with one attached hydrogen (secondary N) is 1. The van der Waals surface area contributed by atoms with Gasteiger partial charge in [-0.05, 0) is 12.0 Å². The van der Waals surface area contributed by atoms with Crippen molar-refractivity contribution in [1.29, 1.82) is 5.41 Å². The highest BCUT2D eigenvalue weighted by Crippen LogP contribution is 2.25. The lowest BCUT2D eigenvalue weighted by Crippen LogP contribution is -2.19. The number of amides is 1. The van der Waals surface area contributed by atoms with Gasteiger partial charge in [-0.1, -0.05) is 24.3 Å². The van der Waals surface area contributed by atoms with Gasteiger partial charge in [0.05, 0.1) is 0 Å². The molecule has 0 saturated carbocycles. The third-order valence-electron chi connectivity index (χ3n) is 3.40. The number of amidine groups is 1. The van der Waals surface area contributed by atoms with Crippen molar-refractivity contribution >= 4 is 23.5 Å². The molecular formula is C15H20N4O4. The second-order valence-electron chi connectivity index (χ2n) is 5.05. The smallest absolute Gasteiger partial charge is 0.324 e. The molecule has 1 atom stereocenters. The minimum atomic E-state index is -0.627. The first-order chi connectivity index (χ1) is 10.8. The maximum atomic E-state index is 12.3. The van der Waals surface area contributed by atoms with E-state index in [9.17, 15) is 14.4 Å². The number of ketones is 1. The van der Waals surface area contributed by atoms with Gasteiger partial charge in [0, 0.05) is 30.7 Å². The van der Waals surface area contributed by atoms with Crippen molar-refractivity contribution in [2.24, 2.45) is 17.4 Å². The zero-order valence-electron chi connectivity index (χ0n) is 12.6. The predicted molar refractivity (Wildman–Crippen MR) is 83.1 cm³/mol. The highest BCUT2D eigenvalue weighted by molar-refractivity contribution is 5.95. The summed E-state index contributed by atoms with van der Waals surface area (Å²) in [5.74, 6) is 2.72. The lowest BCUT2D eigenvalue weighted by molar-refractivity contribution is -0.144. The lowest BCUT2D eigenvalue weighted by atomic mass is 9.87. The normalized spacial score (nSPS) is 11.5. The molecule has 0 bridgehead atoms. The largest absolute Gasteiger partial charge is 0.384 e. The molecule has 0 aliphatic carbocycles. The number of rotatable bonds is 9. The van der Waals surface area contributed by atoms with Crippen molar-refractivity contribution in [2.75, 3.05) is 0 Å². The summed E-state index contributed by atoms with van der Waals surface area (Å²) in [6, 6.07) is 6.56. The summed E-state index contributed by atoms with van der Waals surface area (Å²) in [4.78, 5) is 38.4. The maximum Gasteiger partial charge on any atom is 0.324 e. The van der Waals surface area contributed by atoms with Gasteiger partial charge in [-0.3, -0.25) is 19.8 Å². The summed E-state index contributed by atoms with van der Waals surface area (Å²) in [6.45, 7) is 0. The molecule has 1 aromatic rings. The average Bonchev–Trinajstić information content (AvgIpc) is 2.53. The number of nitrogens with two attached hydrogens (primary N) is 3. The van der Waals surface area contributed by atoms with E-state index >= 15 is 0 Å². The molecule has 124 valence electrons. The monoisotopic (exact) mass is 320 g/mol. The van der Waals surface area contributed by atoms with Crippen molar-refractivity contribution in [3.8, 4) is 0 Å². The first-order valence-corrected chi connectivity index (χ1v) is 7.00. The molecule has 0 aliphatic heterocycles. The van der Waals surface area contributed by atoms with Gasteiger partial charge >= 0.3 is 5.97 Å². The molecule has 0 saturated heterocycles. The molecule has 23 heavy (non-hydrogen) atoms. The van der Waals surface area contributed by atoms with Crippen molar-refractivity contribution in [1.82, 2.24) is 0 Å². The number of Topliss-reactive ketones (excluding diaryl/α,β-unsaturated/α-hetero) is 1. The number of primary amides is 1. The molecule has 1 amide bonds. The SMILES string of the molecule is N=C(N)c1ccc(C(CCC(=O)ON)C(=O)CCC(N)=O)cc1. The van der Waals surface area contributed by atoms with E-state index in [0.29, 0.717) is 11.1 Å². The third kappa shape index (κ3) is 5.87.